The molecule has 0 unspecified atom stereocenters. The van der Waals surface area contributed by atoms with Gasteiger partial charge in [0.1, 0.15) is 0 Å². The first-order chi connectivity index (χ1) is 9.31. The maximum Gasteiger partial charge on any atom is 0.330 e. The molecule has 0 heterocycles. The monoisotopic (exact) mass is 260 g/mol. The van der Waals surface area contributed by atoms with Crippen LogP contribution < -0.4 is 0 Å². The summed E-state index contributed by atoms with van der Waals surface area (Å²) in [5, 5.41) is 0. The molecule has 0 spiro atoms. The van der Waals surface area contributed by atoms with E-state index in [-0.39, 0.29) is 5.97 Å². The summed E-state index contributed by atoms with van der Waals surface area (Å²) in [5.74, 6) is -0.346. The minimum atomic E-state index is -0.346. The zero-order valence-electron chi connectivity index (χ0n) is 11.9. The van der Waals surface area contributed by atoms with Crippen LogP contribution in [0.15, 0.2) is 60.8 Å². The quantitative estimate of drug-likeness (QED) is 0.264. The maximum absolute atomic E-state index is 10.7. The Morgan fingerprint density at radius 3 is 2.05 bits per heavy atom. The van der Waals surface area contributed by atoms with Gasteiger partial charge in [0.2, 0.25) is 0 Å². The fourth-order valence-corrected chi connectivity index (χ4v) is 1.27. The fourth-order valence-electron chi connectivity index (χ4n) is 1.27. The molecule has 0 aromatic rings. The topological polar surface area (TPSA) is 26.3 Å². The van der Waals surface area contributed by atoms with Crippen LogP contribution in [-0.2, 0) is 9.53 Å². The summed E-state index contributed by atoms with van der Waals surface area (Å²) in [6, 6.07) is 0. The summed E-state index contributed by atoms with van der Waals surface area (Å²) >= 11 is 0. The average molecular weight is 260 g/mol. The lowest BCUT2D eigenvalue weighted by Crippen LogP contribution is -1.92. The summed E-state index contributed by atoms with van der Waals surface area (Å²) < 4.78 is 4.46. The zero-order valence-corrected chi connectivity index (χ0v) is 11.9. The second-order valence-corrected chi connectivity index (χ2v) is 3.96. The number of carbonyl (C=O) groups is 1. The number of methoxy groups -OCH3 is 1. The summed E-state index contributed by atoms with van der Waals surface area (Å²) in [4.78, 5) is 10.7. The number of hydrogen-bond donors (Lipinski definition) is 0. The van der Waals surface area contributed by atoms with Crippen molar-refractivity contribution >= 4 is 5.97 Å². The van der Waals surface area contributed by atoms with Gasteiger partial charge >= 0.3 is 5.97 Å². The summed E-state index contributed by atoms with van der Waals surface area (Å²) in [6.07, 6.45) is 23.7. The lowest BCUT2D eigenvalue weighted by atomic mass is 10.2. The molecule has 0 saturated carbocycles. The molecule has 0 aromatic heterocycles. The number of allylic oxidation sites excluding steroid dienone is 9. The predicted octanol–water partition coefficient (Wildman–Crippen LogP) is 4.52. The van der Waals surface area contributed by atoms with E-state index < -0.39 is 0 Å². The Balaban J connectivity index is 3.69. The molecule has 0 N–H and O–H groups in total. The SMILES string of the molecule is CCCCCC=CC=CC=CC=CC=CC(=O)OC. The summed E-state index contributed by atoms with van der Waals surface area (Å²) in [5.41, 5.74) is 0. The number of rotatable bonds is 9. The highest BCUT2D eigenvalue weighted by molar-refractivity contribution is 5.82. The second kappa shape index (κ2) is 14.2. The van der Waals surface area contributed by atoms with Crippen LogP contribution in [0.2, 0.25) is 0 Å². The molecule has 2 heteroatoms. The zero-order chi connectivity index (χ0) is 14.2. The van der Waals surface area contributed by atoms with Gasteiger partial charge in [-0.25, -0.2) is 4.79 Å². The summed E-state index contributed by atoms with van der Waals surface area (Å²) in [7, 11) is 1.36. The third-order valence-electron chi connectivity index (χ3n) is 2.32. The molecule has 0 aliphatic rings. The van der Waals surface area contributed by atoms with Crippen molar-refractivity contribution in [3.8, 4) is 0 Å². The van der Waals surface area contributed by atoms with Crippen LogP contribution in [-0.4, -0.2) is 13.1 Å². The van der Waals surface area contributed by atoms with Crippen molar-refractivity contribution in [2.75, 3.05) is 7.11 Å². The molecule has 0 bridgehead atoms. The molecule has 0 amide bonds. The first kappa shape index (κ1) is 17.2. The van der Waals surface area contributed by atoms with Gasteiger partial charge in [0.05, 0.1) is 7.11 Å². The Labute approximate surface area is 116 Å². The van der Waals surface area contributed by atoms with Crippen molar-refractivity contribution in [3.05, 3.63) is 60.8 Å². The Morgan fingerprint density at radius 1 is 0.895 bits per heavy atom. The minimum Gasteiger partial charge on any atom is -0.466 e. The molecule has 0 aliphatic carbocycles. The van der Waals surface area contributed by atoms with Gasteiger partial charge in [-0.05, 0) is 12.8 Å². The largest absolute Gasteiger partial charge is 0.466 e. The van der Waals surface area contributed by atoms with E-state index in [0.717, 1.165) is 6.42 Å². The minimum absolute atomic E-state index is 0.346. The van der Waals surface area contributed by atoms with Crippen LogP contribution in [0.5, 0.6) is 0 Å². The molecule has 0 saturated heterocycles. The van der Waals surface area contributed by atoms with Gasteiger partial charge in [0, 0.05) is 6.08 Å². The molecule has 19 heavy (non-hydrogen) atoms. The predicted molar refractivity (Wildman–Crippen MR) is 81.9 cm³/mol. The molecule has 0 atom stereocenters. The Hall–Kier alpha value is -1.83. The van der Waals surface area contributed by atoms with Gasteiger partial charge in [-0.2, -0.15) is 0 Å². The van der Waals surface area contributed by atoms with E-state index >= 15 is 0 Å². The second-order valence-electron chi connectivity index (χ2n) is 3.96. The first-order valence-corrected chi connectivity index (χ1v) is 6.72. The van der Waals surface area contributed by atoms with Crippen molar-refractivity contribution in [3.63, 3.8) is 0 Å². The highest BCUT2D eigenvalue weighted by Crippen LogP contribution is 1.99. The molecular weight excluding hydrogens is 236 g/mol. The van der Waals surface area contributed by atoms with Crippen molar-refractivity contribution in [1.82, 2.24) is 0 Å². The Kier molecular flexibility index (Phi) is 12.9. The highest BCUT2D eigenvalue weighted by Gasteiger charge is 1.85. The van der Waals surface area contributed by atoms with Gasteiger partial charge in [0.25, 0.3) is 0 Å². The van der Waals surface area contributed by atoms with Crippen molar-refractivity contribution in [1.29, 1.82) is 0 Å². The Morgan fingerprint density at radius 2 is 1.47 bits per heavy atom. The van der Waals surface area contributed by atoms with E-state index in [9.17, 15) is 4.79 Å². The van der Waals surface area contributed by atoms with Gasteiger partial charge in [-0.15, -0.1) is 0 Å². The van der Waals surface area contributed by atoms with Gasteiger partial charge < -0.3 is 4.74 Å². The molecule has 2 nitrogen and oxygen atoms in total. The third kappa shape index (κ3) is 14.1. The van der Waals surface area contributed by atoms with Crippen LogP contribution >= 0.6 is 0 Å². The van der Waals surface area contributed by atoms with Gasteiger partial charge in [-0.3, -0.25) is 0 Å². The number of hydrogen-bond acceptors (Lipinski definition) is 2. The van der Waals surface area contributed by atoms with E-state index in [1.54, 1.807) is 12.2 Å². The van der Waals surface area contributed by atoms with Crippen molar-refractivity contribution in [2.24, 2.45) is 0 Å². The van der Waals surface area contributed by atoms with E-state index in [4.69, 9.17) is 0 Å². The number of unbranched alkanes of at least 4 members (excludes halogenated alkanes) is 3. The van der Waals surface area contributed by atoms with E-state index in [1.807, 2.05) is 30.4 Å². The molecule has 0 rings (SSSR count). The molecular formula is C17H24O2. The lowest BCUT2D eigenvalue weighted by Gasteiger charge is -1.89. The Bertz CT molecular complexity index is 357. The van der Waals surface area contributed by atoms with Crippen LogP contribution in [0.4, 0.5) is 0 Å². The number of ether oxygens (including phenoxy) is 1. The molecule has 0 radical (unpaired) electrons. The van der Waals surface area contributed by atoms with Gasteiger partial charge in [-0.1, -0.05) is 74.4 Å². The number of carbonyl (C=O) groups excluding carboxylic acids is 1. The first-order valence-electron chi connectivity index (χ1n) is 6.72. The highest BCUT2D eigenvalue weighted by atomic mass is 16.5. The van der Waals surface area contributed by atoms with E-state index in [1.165, 1.54) is 32.4 Å². The average Bonchev–Trinajstić information content (AvgIpc) is 2.43. The van der Waals surface area contributed by atoms with Crippen molar-refractivity contribution < 1.29 is 9.53 Å². The van der Waals surface area contributed by atoms with Crippen LogP contribution in [0, 0.1) is 0 Å². The standard InChI is InChI=1S/C17H24O2/c1-3-4-5-6-7-8-9-10-11-12-13-14-15-16-17(18)19-2/h7-16H,3-6H2,1-2H3. The van der Waals surface area contributed by atoms with Crippen molar-refractivity contribution in [2.45, 2.75) is 32.6 Å². The normalized spacial score (nSPS) is 12.7. The van der Waals surface area contributed by atoms with E-state index in [2.05, 4.69) is 23.8 Å². The van der Waals surface area contributed by atoms with Gasteiger partial charge in [0.15, 0.2) is 0 Å². The fraction of sp³-hybridized carbons (Fsp3) is 0.353. The molecule has 104 valence electrons. The van der Waals surface area contributed by atoms with Crippen LogP contribution in [0.25, 0.3) is 0 Å². The molecule has 0 fully saturated rings. The van der Waals surface area contributed by atoms with E-state index in [0.29, 0.717) is 0 Å². The molecule has 0 aliphatic heterocycles. The summed E-state index contributed by atoms with van der Waals surface area (Å²) in [6.45, 7) is 2.21. The smallest absolute Gasteiger partial charge is 0.330 e. The molecule has 0 aromatic carbocycles. The number of esters is 1. The van der Waals surface area contributed by atoms with Crippen LogP contribution in [0.1, 0.15) is 32.6 Å². The maximum atomic E-state index is 10.7. The lowest BCUT2D eigenvalue weighted by molar-refractivity contribution is -0.134. The van der Waals surface area contributed by atoms with Crippen LogP contribution in [0.3, 0.4) is 0 Å². The third-order valence-corrected chi connectivity index (χ3v) is 2.32.